The Hall–Kier alpha value is -0.280. The van der Waals surface area contributed by atoms with Gasteiger partial charge in [-0.3, -0.25) is 4.90 Å². The van der Waals surface area contributed by atoms with Crippen LogP contribution in [0.15, 0.2) is 18.2 Å². The van der Waals surface area contributed by atoms with Gasteiger partial charge in [0.25, 0.3) is 0 Å². The zero-order valence-electron chi connectivity index (χ0n) is 9.70. The molecule has 0 amide bonds. The van der Waals surface area contributed by atoms with Gasteiger partial charge in [-0.2, -0.15) is 0 Å². The smallest absolute Gasteiger partial charge is 0.0471 e. The molecule has 1 N–H and O–H groups in total. The van der Waals surface area contributed by atoms with E-state index in [1.165, 1.54) is 0 Å². The first kappa shape index (κ1) is 13.2. The van der Waals surface area contributed by atoms with Crippen LogP contribution >= 0.6 is 23.2 Å². The van der Waals surface area contributed by atoms with E-state index in [-0.39, 0.29) is 6.61 Å². The minimum absolute atomic E-state index is 0.271. The van der Waals surface area contributed by atoms with Gasteiger partial charge in [-0.15, -0.1) is 0 Å². The van der Waals surface area contributed by atoms with Crippen molar-refractivity contribution in [1.29, 1.82) is 0 Å². The van der Waals surface area contributed by atoms with Gasteiger partial charge >= 0.3 is 0 Å². The van der Waals surface area contributed by atoms with Crippen LogP contribution in [-0.2, 0) is 6.54 Å². The zero-order chi connectivity index (χ0) is 12.3. The molecule has 0 aromatic heterocycles. The number of rotatable bonds is 3. The minimum atomic E-state index is 0.271. The molecule has 0 unspecified atom stereocenters. The fraction of sp³-hybridized carbons (Fsp3) is 0.538. The second-order valence-corrected chi connectivity index (χ2v) is 5.44. The number of aliphatic hydroxyl groups is 1. The highest BCUT2D eigenvalue weighted by Gasteiger charge is 2.20. The molecule has 0 radical (unpaired) electrons. The van der Waals surface area contributed by atoms with Gasteiger partial charge in [-0.1, -0.05) is 29.3 Å². The van der Waals surface area contributed by atoms with Crippen LogP contribution in [0.5, 0.6) is 0 Å². The molecule has 0 saturated carbocycles. The maximum absolute atomic E-state index is 9.21. The number of halogens is 2. The van der Waals surface area contributed by atoms with Crippen molar-refractivity contribution in [2.24, 2.45) is 5.92 Å². The van der Waals surface area contributed by atoms with Gasteiger partial charge in [-0.25, -0.2) is 0 Å². The van der Waals surface area contributed by atoms with E-state index >= 15 is 0 Å². The van der Waals surface area contributed by atoms with Crippen LogP contribution in [0, 0.1) is 5.92 Å². The summed E-state index contributed by atoms with van der Waals surface area (Å²) in [5, 5.41) is 10.7. The van der Waals surface area contributed by atoms with E-state index in [0.29, 0.717) is 5.92 Å². The van der Waals surface area contributed by atoms with Crippen LogP contribution in [0.25, 0.3) is 0 Å². The summed E-state index contributed by atoms with van der Waals surface area (Å²) in [4.78, 5) is 2.32. The molecule has 1 saturated heterocycles. The number of hydrogen-bond donors (Lipinski definition) is 1. The fourth-order valence-electron chi connectivity index (χ4n) is 2.35. The van der Waals surface area contributed by atoms with E-state index in [0.717, 1.165) is 48.1 Å². The van der Waals surface area contributed by atoms with Crippen LogP contribution < -0.4 is 0 Å². The largest absolute Gasteiger partial charge is 0.396 e. The first-order valence-corrected chi connectivity index (χ1v) is 6.72. The second kappa shape index (κ2) is 6.05. The molecular weight excluding hydrogens is 257 g/mol. The highest BCUT2D eigenvalue weighted by atomic mass is 35.5. The van der Waals surface area contributed by atoms with Crippen molar-refractivity contribution >= 4 is 23.2 Å². The maximum Gasteiger partial charge on any atom is 0.0471 e. The van der Waals surface area contributed by atoms with Gasteiger partial charge in [0.05, 0.1) is 0 Å². The number of aliphatic hydroxyl groups excluding tert-OH is 1. The van der Waals surface area contributed by atoms with Gasteiger partial charge < -0.3 is 5.11 Å². The molecule has 2 nitrogen and oxygen atoms in total. The van der Waals surface area contributed by atoms with Crippen LogP contribution in [-0.4, -0.2) is 29.7 Å². The van der Waals surface area contributed by atoms with E-state index in [2.05, 4.69) is 4.90 Å². The van der Waals surface area contributed by atoms with E-state index < -0.39 is 0 Å². The van der Waals surface area contributed by atoms with Crippen molar-refractivity contribution in [2.45, 2.75) is 19.4 Å². The van der Waals surface area contributed by atoms with Gasteiger partial charge in [0.1, 0.15) is 0 Å². The molecule has 1 fully saturated rings. The number of hydrogen-bond acceptors (Lipinski definition) is 2. The van der Waals surface area contributed by atoms with Gasteiger partial charge in [0.15, 0.2) is 0 Å². The van der Waals surface area contributed by atoms with Crippen molar-refractivity contribution in [3.05, 3.63) is 33.8 Å². The molecular formula is C13H17Cl2NO. The fourth-order valence-corrected chi connectivity index (χ4v) is 2.87. The van der Waals surface area contributed by atoms with Crippen molar-refractivity contribution in [2.75, 3.05) is 19.7 Å². The SMILES string of the molecule is OC[C@@H]1CCCN(Cc2c(Cl)cccc2Cl)C1. The molecule has 0 spiro atoms. The van der Waals surface area contributed by atoms with Gasteiger partial charge in [0, 0.05) is 35.3 Å². The molecule has 4 heteroatoms. The van der Waals surface area contributed by atoms with E-state index in [9.17, 15) is 5.11 Å². The third kappa shape index (κ3) is 3.35. The number of benzene rings is 1. The number of piperidine rings is 1. The molecule has 0 bridgehead atoms. The number of likely N-dealkylation sites (tertiary alicyclic amines) is 1. The normalized spacial score (nSPS) is 21.7. The lowest BCUT2D eigenvalue weighted by molar-refractivity contribution is 0.116. The average molecular weight is 274 g/mol. The molecule has 0 aliphatic carbocycles. The molecule has 1 aliphatic rings. The second-order valence-electron chi connectivity index (χ2n) is 4.63. The van der Waals surface area contributed by atoms with Gasteiger partial charge in [0.2, 0.25) is 0 Å². The lowest BCUT2D eigenvalue weighted by Gasteiger charge is -2.32. The highest BCUT2D eigenvalue weighted by Crippen LogP contribution is 2.27. The summed E-state index contributed by atoms with van der Waals surface area (Å²) in [6, 6.07) is 5.60. The van der Waals surface area contributed by atoms with Crippen molar-refractivity contribution in [1.82, 2.24) is 4.90 Å². The Kier molecular flexibility index (Phi) is 4.69. The summed E-state index contributed by atoms with van der Waals surface area (Å²) in [6.07, 6.45) is 2.25. The van der Waals surface area contributed by atoms with Crippen LogP contribution in [0.3, 0.4) is 0 Å². The Labute approximate surface area is 112 Å². The quantitative estimate of drug-likeness (QED) is 0.915. The summed E-state index contributed by atoms with van der Waals surface area (Å²) < 4.78 is 0. The monoisotopic (exact) mass is 273 g/mol. The molecule has 1 atom stereocenters. The lowest BCUT2D eigenvalue weighted by atomic mass is 9.98. The van der Waals surface area contributed by atoms with Crippen LogP contribution in [0.2, 0.25) is 10.0 Å². The van der Waals surface area contributed by atoms with Gasteiger partial charge in [-0.05, 0) is 37.4 Å². The van der Waals surface area contributed by atoms with E-state index in [1.807, 2.05) is 18.2 Å². The van der Waals surface area contributed by atoms with Crippen molar-refractivity contribution in [3.8, 4) is 0 Å². The number of nitrogens with zero attached hydrogens (tertiary/aromatic N) is 1. The van der Waals surface area contributed by atoms with Crippen molar-refractivity contribution < 1.29 is 5.11 Å². The first-order valence-electron chi connectivity index (χ1n) is 5.97. The predicted octanol–water partition coefficient (Wildman–Crippen LogP) is 3.20. The lowest BCUT2D eigenvalue weighted by Crippen LogP contribution is -2.36. The molecule has 1 aromatic carbocycles. The molecule has 1 aromatic rings. The van der Waals surface area contributed by atoms with Crippen LogP contribution in [0.1, 0.15) is 18.4 Å². The molecule has 94 valence electrons. The Morgan fingerprint density at radius 1 is 1.29 bits per heavy atom. The summed E-state index contributed by atoms with van der Waals surface area (Å²) in [5.41, 5.74) is 0.995. The summed E-state index contributed by atoms with van der Waals surface area (Å²) in [5.74, 6) is 0.394. The third-order valence-electron chi connectivity index (χ3n) is 3.30. The Morgan fingerprint density at radius 3 is 2.65 bits per heavy atom. The average Bonchev–Trinajstić information content (AvgIpc) is 2.34. The van der Waals surface area contributed by atoms with E-state index in [1.54, 1.807) is 0 Å². The van der Waals surface area contributed by atoms with Crippen LogP contribution in [0.4, 0.5) is 0 Å². The molecule has 1 heterocycles. The summed E-state index contributed by atoms with van der Waals surface area (Å²) in [6.45, 7) is 3.03. The summed E-state index contributed by atoms with van der Waals surface area (Å²) >= 11 is 12.3. The first-order chi connectivity index (χ1) is 8.20. The zero-order valence-corrected chi connectivity index (χ0v) is 11.2. The standard InChI is InChI=1S/C13H17Cl2NO/c14-12-4-1-5-13(15)11(12)8-16-6-2-3-10(7-16)9-17/h1,4-5,10,17H,2-3,6-9H2/t10-/m1/s1. The van der Waals surface area contributed by atoms with Crippen molar-refractivity contribution in [3.63, 3.8) is 0 Å². The molecule has 17 heavy (non-hydrogen) atoms. The minimum Gasteiger partial charge on any atom is -0.396 e. The van der Waals surface area contributed by atoms with E-state index in [4.69, 9.17) is 23.2 Å². The topological polar surface area (TPSA) is 23.5 Å². The molecule has 2 rings (SSSR count). The predicted molar refractivity (Wildman–Crippen MR) is 71.5 cm³/mol. The summed E-state index contributed by atoms with van der Waals surface area (Å²) in [7, 11) is 0. The Balaban J connectivity index is 2.05. The third-order valence-corrected chi connectivity index (χ3v) is 4.01. The molecule has 1 aliphatic heterocycles. The Morgan fingerprint density at radius 2 is 2.00 bits per heavy atom. The highest BCUT2D eigenvalue weighted by molar-refractivity contribution is 6.35. The maximum atomic E-state index is 9.21. The Bertz CT molecular complexity index is 363.